The number of aromatic nitrogens is 5. The van der Waals surface area contributed by atoms with Gasteiger partial charge in [0.25, 0.3) is 5.56 Å². The number of rotatable bonds is 7. The first-order valence-electron chi connectivity index (χ1n) is 7.63. The van der Waals surface area contributed by atoms with E-state index in [1.54, 1.807) is 13.8 Å². The highest BCUT2D eigenvalue weighted by Gasteiger charge is 2.17. The number of amides is 1. The highest BCUT2D eigenvalue weighted by Crippen LogP contribution is 2.16. The Morgan fingerprint density at radius 1 is 1.35 bits per heavy atom. The second-order valence-corrected chi connectivity index (χ2v) is 6.12. The number of aryl methyl sites for hydroxylation is 1. The predicted octanol–water partition coefficient (Wildman–Crippen LogP) is -0.770. The first-order valence-corrected chi connectivity index (χ1v) is 8.61. The third kappa shape index (κ3) is 4.81. The Hall–Kier alpha value is -2.89. The molecule has 2 N–H and O–H groups in total. The zero-order valence-corrected chi connectivity index (χ0v) is 15.3. The lowest BCUT2D eigenvalue weighted by Crippen LogP contribution is -2.37. The monoisotopic (exact) mass is 382 g/mol. The number of nitrogens with one attached hydrogen (secondary N) is 2. The van der Waals surface area contributed by atoms with E-state index in [0.29, 0.717) is 5.69 Å². The molecule has 1 amide bonds. The van der Waals surface area contributed by atoms with Crippen molar-refractivity contribution in [2.24, 2.45) is 0 Å². The number of nitrogens with zero attached hydrogens (tertiary/aromatic N) is 4. The number of hydrogen-bond donors (Lipinski definition) is 2. The largest absolute Gasteiger partial charge is 0.465 e. The minimum absolute atomic E-state index is 0.0311. The molecule has 0 aliphatic carbocycles. The zero-order valence-electron chi connectivity index (χ0n) is 14.4. The van der Waals surface area contributed by atoms with Crippen LogP contribution in [0.3, 0.4) is 0 Å². The summed E-state index contributed by atoms with van der Waals surface area (Å²) in [6.45, 7) is 4.62. The number of ether oxygens (including phenoxy) is 1. The van der Waals surface area contributed by atoms with E-state index >= 15 is 0 Å². The van der Waals surface area contributed by atoms with Gasteiger partial charge in [0.2, 0.25) is 11.1 Å². The lowest BCUT2D eigenvalue weighted by atomic mass is 10.4. The van der Waals surface area contributed by atoms with Crippen molar-refractivity contribution in [3.8, 4) is 0 Å². The molecule has 140 valence electrons. The smallest absolute Gasteiger partial charge is 0.328 e. The standard InChI is InChI=1S/C14H18N6O5S/c1-4-25-12(23)7-26-14-17-16-10(20(14)18-9(3)21)6-19-11(22)5-8(2)15-13(19)24/h5H,4,6-7H2,1-3H3,(H,15,24)(H,18,21). The summed E-state index contributed by atoms with van der Waals surface area (Å²) in [6.07, 6.45) is 0. The Balaban J connectivity index is 2.31. The van der Waals surface area contributed by atoms with E-state index in [9.17, 15) is 19.2 Å². The van der Waals surface area contributed by atoms with Crippen molar-refractivity contribution in [1.29, 1.82) is 0 Å². The van der Waals surface area contributed by atoms with E-state index in [1.165, 1.54) is 17.7 Å². The Bertz CT molecular complexity index is 899. The van der Waals surface area contributed by atoms with Gasteiger partial charge in [-0.3, -0.25) is 24.4 Å². The summed E-state index contributed by atoms with van der Waals surface area (Å²) in [5.74, 6) is -0.726. The van der Waals surface area contributed by atoms with Crippen LogP contribution >= 0.6 is 11.8 Å². The molecule has 2 aromatic heterocycles. The van der Waals surface area contributed by atoms with Gasteiger partial charge in [0.05, 0.1) is 18.9 Å². The third-order valence-electron chi connectivity index (χ3n) is 3.05. The molecule has 0 spiro atoms. The maximum Gasteiger partial charge on any atom is 0.328 e. The number of carbonyl (C=O) groups is 2. The maximum atomic E-state index is 12.0. The maximum absolute atomic E-state index is 12.0. The van der Waals surface area contributed by atoms with Gasteiger partial charge >= 0.3 is 11.7 Å². The predicted molar refractivity (Wildman–Crippen MR) is 92.6 cm³/mol. The van der Waals surface area contributed by atoms with Crippen molar-refractivity contribution in [3.05, 3.63) is 38.4 Å². The summed E-state index contributed by atoms with van der Waals surface area (Å²) in [5.41, 5.74) is 1.82. The molecule has 0 saturated heterocycles. The number of H-pyrrole nitrogens is 1. The second-order valence-electron chi connectivity index (χ2n) is 5.18. The van der Waals surface area contributed by atoms with Crippen LogP contribution in [-0.4, -0.2) is 48.7 Å². The second kappa shape index (κ2) is 8.47. The fourth-order valence-corrected chi connectivity index (χ4v) is 2.73. The van der Waals surface area contributed by atoms with E-state index in [1.807, 2.05) is 0 Å². The molecular formula is C14H18N6O5S. The zero-order chi connectivity index (χ0) is 19.3. The van der Waals surface area contributed by atoms with Crippen LogP contribution in [0, 0.1) is 6.92 Å². The van der Waals surface area contributed by atoms with Gasteiger partial charge in [-0.25, -0.2) is 9.47 Å². The number of esters is 1. The first kappa shape index (κ1) is 19.4. The van der Waals surface area contributed by atoms with Crippen LogP contribution < -0.4 is 16.7 Å². The quantitative estimate of drug-likeness (QED) is 0.470. The summed E-state index contributed by atoms with van der Waals surface area (Å²) in [6, 6.07) is 1.27. The summed E-state index contributed by atoms with van der Waals surface area (Å²) in [5, 5.41) is 8.03. The minimum Gasteiger partial charge on any atom is -0.465 e. The van der Waals surface area contributed by atoms with Crippen LogP contribution in [0.5, 0.6) is 0 Å². The Morgan fingerprint density at radius 3 is 2.69 bits per heavy atom. The molecular weight excluding hydrogens is 364 g/mol. The van der Waals surface area contributed by atoms with Gasteiger partial charge in [0.1, 0.15) is 0 Å². The molecule has 0 saturated carbocycles. The topological polar surface area (TPSA) is 141 Å². The number of hydrogen-bond acceptors (Lipinski definition) is 8. The summed E-state index contributed by atoms with van der Waals surface area (Å²) in [4.78, 5) is 49.5. The van der Waals surface area contributed by atoms with Crippen LogP contribution in [0.15, 0.2) is 20.8 Å². The molecule has 26 heavy (non-hydrogen) atoms. The van der Waals surface area contributed by atoms with Gasteiger partial charge < -0.3 is 9.72 Å². The number of aromatic amines is 1. The average Bonchev–Trinajstić information content (AvgIpc) is 2.90. The van der Waals surface area contributed by atoms with Crippen LogP contribution in [0.4, 0.5) is 0 Å². The molecule has 0 aromatic carbocycles. The summed E-state index contributed by atoms with van der Waals surface area (Å²) < 4.78 is 6.99. The van der Waals surface area contributed by atoms with Gasteiger partial charge in [-0.05, 0) is 13.8 Å². The lowest BCUT2D eigenvalue weighted by Gasteiger charge is -2.10. The van der Waals surface area contributed by atoms with E-state index in [2.05, 4.69) is 20.6 Å². The SMILES string of the molecule is CCOC(=O)CSc1nnc(Cn2c(=O)cc(C)[nH]c2=O)n1NC(C)=O. The lowest BCUT2D eigenvalue weighted by molar-refractivity contribution is -0.139. The van der Waals surface area contributed by atoms with E-state index in [0.717, 1.165) is 16.3 Å². The van der Waals surface area contributed by atoms with Crippen molar-refractivity contribution in [3.63, 3.8) is 0 Å². The van der Waals surface area contributed by atoms with E-state index < -0.39 is 23.1 Å². The molecule has 0 radical (unpaired) electrons. The molecule has 12 heteroatoms. The number of carbonyl (C=O) groups excluding carboxylic acids is 2. The molecule has 2 heterocycles. The molecule has 2 rings (SSSR count). The highest BCUT2D eigenvalue weighted by atomic mass is 32.2. The van der Waals surface area contributed by atoms with Crippen molar-refractivity contribution in [2.45, 2.75) is 32.5 Å². The van der Waals surface area contributed by atoms with Gasteiger partial charge in [0, 0.05) is 18.7 Å². The molecule has 0 aliphatic heterocycles. The van der Waals surface area contributed by atoms with E-state index in [-0.39, 0.29) is 29.9 Å². The van der Waals surface area contributed by atoms with Crippen LogP contribution in [-0.2, 0) is 20.9 Å². The fourth-order valence-electron chi connectivity index (χ4n) is 2.02. The molecule has 0 fully saturated rings. The molecule has 11 nitrogen and oxygen atoms in total. The normalized spacial score (nSPS) is 10.6. The van der Waals surface area contributed by atoms with Crippen molar-refractivity contribution < 1.29 is 14.3 Å². The average molecular weight is 382 g/mol. The number of thioether (sulfide) groups is 1. The molecule has 0 atom stereocenters. The van der Waals surface area contributed by atoms with Crippen molar-refractivity contribution >= 4 is 23.6 Å². The first-order chi connectivity index (χ1) is 12.3. The van der Waals surface area contributed by atoms with E-state index in [4.69, 9.17) is 4.74 Å². The van der Waals surface area contributed by atoms with Crippen LogP contribution in [0.1, 0.15) is 25.4 Å². The van der Waals surface area contributed by atoms with Gasteiger partial charge in [-0.1, -0.05) is 11.8 Å². The highest BCUT2D eigenvalue weighted by molar-refractivity contribution is 7.99. The van der Waals surface area contributed by atoms with Gasteiger partial charge in [-0.15, -0.1) is 10.2 Å². The third-order valence-corrected chi connectivity index (χ3v) is 3.95. The van der Waals surface area contributed by atoms with Gasteiger partial charge in [-0.2, -0.15) is 0 Å². The fraction of sp³-hybridized carbons (Fsp3) is 0.429. The molecule has 0 aliphatic rings. The van der Waals surface area contributed by atoms with Gasteiger partial charge in [0.15, 0.2) is 5.82 Å². The summed E-state index contributed by atoms with van der Waals surface area (Å²) >= 11 is 1.01. The minimum atomic E-state index is -0.604. The van der Waals surface area contributed by atoms with Crippen LogP contribution in [0.25, 0.3) is 0 Å². The van der Waals surface area contributed by atoms with Crippen molar-refractivity contribution in [2.75, 3.05) is 17.8 Å². The Kier molecular flexibility index (Phi) is 6.33. The summed E-state index contributed by atoms with van der Waals surface area (Å²) in [7, 11) is 0. The molecule has 0 unspecified atom stereocenters. The van der Waals surface area contributed by atoms with Crippen LogP contribution in [0.2, 0.25) is 0 Å². The molecule has 0 bridgehead atoms. The molecule has 2 aromatic rings. The Labute approximate surface area is 151 Å². The Morgan fingerprint density at radius 2 is 2.08 bits per heavy atom. The van der Waals surface area contributed by atoms with Crippen molar-refractivity contribution in [1.82, 2.24) is 24.4 Å².